The van der Waals surface area contributed by atoms with Crippen LogP contribution in [0.2, 0.25) is 0 Å². The SMILES string of the molecule is CC(C)[C@H](O)CC[C@@H](C)[C@H]1CC[C@@H]2[C@]1(C)CC[C@H]1[C@@]2(C)CC=C2C[C@@](C)(O)CC[C@@]21C. The molecule has 0 amide bonds. The Balaban J connectivity index is 1.55. The van der Waals surface area contributed by atoms with Gasteiger partial charge in [0.15, 0.2) is 0 Å². The van der Waals surface area contributed by atoms with E-state index in [2.05, 4.69) is 47.6 Å². The van der Waals surface area contributed by atoms with Crippen molar-refractivity contribution in [3.63, 3.8) is 0 Å². The van der Waals surface area contributed by atoms with E-state index in [1.807, 2.05) is 6.92 Å². The zero-order chi connectivity index (χ0) is 22.8. The van der Waals surface area contributed by atoms with Gasteiger partial charge < -0.3 is 10.2 Å². The molecule has 0 aromatic rings. The summed E-state index contributed by atoms with van der Waals surface area (Å²) in [5.74, 6) is 3.47. The van der Waals surface area contributed by atoms with Gasteiger partial charge in [0.2, 0.25) is 0 Å². The largest absolute Gasteiger partial charge is 0.393 e. The van der Waals surface area contributed by atoms with Crippen LogP contribution < -0.4 is 0 Å². The summed E-state index contributed by atoms with van der Waals surface area (Å²) in [7, 11) is 0. The van der Waals surface area contributed by atoms with Crippen LogP contribution in [-0.2, 0) is 0 Å². The van der Waals surface area contributed by atoms with Gasteiger partial charge in [0.05, 0.1) is 11.7 Å². The molecule has 4 rings (SSSR count). The zero-order valence-electron chi connectivity index (χ0n) is 21.5. The Bertz CT molecular complexity index is 708. The number of fused-ring (bicyclic) bond motifs is 5. The van der Waals surface area contributed by atoms with Crippen molar-refractivity contribution in [3.8, 4) is 0 Å². The molecule has 0 aliphatic heterocycles. The average molecular weight is 431 g/mol. The molecule has 9 atom stereocenters. The van der Waals surface area contributed by atoms with Crippen LogP contribution in [0.3, 0.4) is 0 Å². The van der Waals surface area contributed by atoms with Crippen LogP contribution in [0.4, 0.5) is 0 Å². The molecular formula is C29H50O2. The first-order valence-electron chi connectivity index (χ1n) is 13.4. The molecule has 2 nitrogen and oxygen atoms in total. The predicted molar refractivity (Wildman–Crippen MR) is 130 cm³/mol. The minimum atomic E-state index is -0.503. The number of hydrogen-bond acceptors (Lipinski definition) is 2. The summed E-state index contributed by atoms with van der Waals surface area (Å²) in [6.07, 6.45) is 14.3. The Morgan fingerprint density at radius 3 is 2.29 bits per heavy atom. The Morgan fingerprint density at radius 1 is 0.903 bits per heavy atom. The Morgan fingerprint density at radius 2 is 1.61 bits per heavy atom. The van der Waals surface area contributed by atoms with Crippen molar-refractivity contribution < 1.29 is 10.2 Å². The van der Waals surface area contributed by atoms with Crippen LogP contribution in [0, 0.1) is 45.8 Å². The van der Waals surface area contributed by atoms with E-state index in [4.69, 9.17) is 0 Å². The number of aliphatic hydroxyl groups excluding tert-OH is 1. The summed E-state index contributed by atoms with van der Waals surface area (Å²) in [6.45, 7) is 16.6. The van der Waals surface area contributed by atoms with E-state index in [0.29, 0.717) is 28.1 Å². The van der Waals surface area contributed by atoms with Crippen LogP contribution in [0.5, 0.6) is 0 Å². The predicted octanol–water partition coefficient (Wildman–Crippen LogP) is 7.14. The smallest absolute Gasteiger partial charge is 0.0657 e. The molecule has 0 spiro atoms. The van der Waals surface area contributed by atoms with Crippen molar-refractivity contribution >= 4 is 0 Å². The summed E-state index contributed by atoms with van der Waals surface area (Å²) in [5, 5.41) is 21.1. The van der Waals surface area contributed by atoms with Gasteiger partial charge in [0, 0.05) is 0 Å². The van der Waals surface area contributed by atoms with Crippen molar-refractivity contribution in [1.82, 2.24) is 0 Å². The highest BCUT2D eigenvalue weighted by atomic mass is 16.3. The van der Waals surface area contributed by atoms with Gasteiger partial charge in [0.1, 0.15) is 0 Å². The molecule has 2 N–H and O–H groups in total. The van der Waals surface area contributed by atoms with Gasteiger partial charge in [-0.05, 0) is 117 Å². The second-order valence-electron chi connectivity index (χ2n) is 13.7. The number of aliphatic hydroxyl groups is 2. The number of rotatable bonds is 5. The minimum absolute atomic E-state index is 0.147. The fourth-order valence-electron chi connectivity index (χ4n) is 9.40. The Kier molecular flexibility index (Phi) is 6.04. The number of hydrogen-bond donors (Lipinski definition) is 2. The molecule has 0 aromatic carbocycles. The Labute approximate surface area is 192 Å². The van der Waals surface area contributed by atoms with Crippen LogP contribution in [-0.4, -0.2) is 21.9 Å². The second kappa shape index (κ2) is 7.86. The standard InChI is InChI=1S/C29H50O2/c1-19(2)23(30)10-8-20(3)22-9-11-24-28(22,6)15-13-25-27(5)17-16-26(4,31)18-21(27)12-14-29(24,25)7/h12,19-20,22-25,30-31H,8-11,13-18H2,1-7H3/t20-,22-,23-,24-,25-,26+,27+,28-,29+/m1/s1. The molecule has 4 aliphatic carbocycles. The highest BCUT2D eigenvalue weighted by Gasteiger charge is 2.64. The third kappa shape index (κ3) is 3.76. The van der Waals surface area contributed by atoms with Crippen molar-refractivity contribution in [2.75, 3.05) is 0 Å². The molecule has 0 saturated heterocycles. The minimum Gasteiger partial charge on any atom is -0.393 e. The second-order valence-corrected chi connectivity index (χ2v) is 13.7. The molecule has 0 unspecified atom stereocenters. The fraction of sp³-hybridized carbons (Fsp3) is 0.931. The summed E-state index contributed by atoms with van der Waals surface area (Å²) in [6, 6.07) is 0. The van der Waals surface area contributed by atoms with Crippen molar-refractivity contribution in [2.45, 2.75) is 124 Å². The van der Waals surface area contributed by atoms with Crippen molar-refractivity contribution in [3.05, 3.63) is 11.6 Å². The summed E-state index contributed by atoms with van der Waals surface area (Å²) in [5.41, 5.74) is 2.22. The lowest BCUT2D eigenvalue weighted by molar-refractivity contribution is -0.121. The van der Waals surface area contributed by atoms with Gasteiger partial charge in [-0.15, -0.1) is 0 Å². The molecule has 0 bridgehead atoms. The maximum atomic E-state index is 10.7. The maximum Gasteiger partial charge on any atom is 0.0657 e. The average Bonchev–Trinajstić information content (AvgIpc) is 3.05. The van der Waals surface area contributed by atoms with Gasteiger partial charge in [-0.3, -0.25) is 0 Å². The monoisotopic (exact) mass is 430 g/mol. The van der Waals surface area contributed by atoms with Crippen LogP contribution >= 0.6 is 0 Å². The third-order valence-electron chi connectivity index (χ3n) is 11.4. The molecule has 2 heteroatoms. The van der Waals surface area contributed by atoms with E-state index in [1.54, 1.807) is 5.57 Å². The molecule has 0 radical (unpaired) electrons. The van der Waals surface area contributed by atoms with E-state index in [1.165, 1.54) is 38.5 Å². The van der Waals surface area contributed by atoms with Gasteiger partial charge >= 0.3 is 0 Å². The van der Waals surface area contributed by atoms with E-state index in [-0.39, 0.29) is 6.10 Å². The van der Waals surface area contributed by atoms with Crippen LogP contribution in [0.25, 0.3) is 0 Å². The maximum absolute atomic E-state index is 10.7. The van der Waals surface area contributed by atoms with E-state index in [9.17, 15) is 10.2 Å². The summed E-state index contributed by atoms with van der Waals surface area (Å²) >= 11 is 0. The molecule has 178 valence electrons. The molecule has 3 fully saturated rings. The van der Waals surface area contributed by atoms with Crippen molar-refractivity contribution in [1.29, 1.82) is 0 Å². The Hall–Kier alpha value is -0.340. The van der Waals surface area contributed by atoms with Crippen molar-refractivity contribution in [2.24, 2.45) is 45.8 Å². The first-order chi connectivity index (χ1) is 14.3. The summed E-state index contributed by atoms with van der Waals surface area (Å²) < 4.78 is 0. The van der Waals surface area contributed by atoms with E-state index < -0.39 is 5.60 Å². The lowest BCUT2D eigenvalue weighted by Gasteiger charge is -2.64. The molecule has 4 aliphatic rings. The zero-order valence-corrected chi connectivity index (χ0v) is 21.5. The topological polar surface area (TPSA) is 40.5 Å². The molecule has 3 saturated carbocycles. The highest BCUT2D eigenvalue weighted by Crippen LogP contribution is 2.72. The first kappa shape index (κ1) is 23.8. The van der Waals surface area contributed by atoms with E-state index >= 15 is 0 Å². The van der Waals surface area contributed by atoms with Gasteiger partial charge in [0.25, 0.3) is 0 Å². The van der Waals surface area contributed by atoms with Gasteiger partial charge in [-0.1, -0.05) is 53.2 Å². The van der Waals surface area contributed by atoms with Crippen LogP contribution in [0.15, 0.2) is 11.6 Å². The first-order valence-corrected chi connectivity index (χ1v) is 13.4. The molecular weight excluding hydrogens is 380 g/mol. The molecule has 31 heavy (non-hydrogen) atoms. The number of allylic oxidation sites excluding steroid dienone is 1. The third-order valence-corrected chi connectivity index (χ3v) is 11.4. The quantitative estimate of drug-likeness (QED) is 0.455. The van der Waals surface area contributed by atoms with Gasteiger partial charge in [-0.25, -0.2) is 0 Å². The lowest BCUT2D eigenvalue weighted by Crippen LogP contribution is -2.57. The van der Waals surface area contributed by atoms with E-state index in [0.717, 1.165) is 43.4 Å². The van der Waals surface area contributed by atoms with Crippen LogP contribution in [0.1, 0.15) is 113 Å². The lowest BCUT2D eigenvalue weighted by atomic mass is 9.41. The normalized spacial score (nSPS) is 49.1. The highest BCUT2D eigenvalue weighted by molar-refractivity contribution is 5.29. The molecule has 0 heterocycles. The summed E-state index contributed by atoms with van der Waals surface area (Å²) in [4.78, 5) is 0. The fourth-order valence-corrected chi connectivity index (χ4v) is 9.40. The van der Waals surface area contributed by atoms with Gasteiger partial charge in [-0.2, -0.15) is 0 Å². The molecule has 0 aromatic heterocycles.